The smallest absolute Gasteiger partial charge is 0.167 e. The van der Waals surface area contributed by atoms with E-state index in [1.165, 1.54) is 7.11 Å². The van der Waals surface area contributed by atoms with Crippen LogP contribution in [0.5, 0.6) is 11.5 Å². The van der Waals surface area contributed by atoms with Gasteiger partial charge in [-0.15, -0.1) is 0 Å². The molecule has 19 heavy (non-hydrogen) atoms. The average molecular weight is 280 g/mol. The highest BCUT2D eigenvalue weighted by Crippen LogP contribution is 2.35. The van der Waals surface area contributed by atoms with E-state index >= 15 is 0 Å². The van der Waals surface area contributed by atoms with Crippen LogP contribution in [0.2, 0.25) is 5.02 Å². The lowest BCUT2D eigenvalue weighted by atomic mass is 10.2. The van der Waals surface area contributed by atoms with Gasteiger partial charge in [0.2, 0.25) is 0 Å². The summed E-state index contributed by atoms with van der Waals surface area (Å²) in [6, 6.07) is 8.89. The molecule has 1 N–H and O–H groups in total. The zero-order chi connectivity index (χ0) is 13.7. The van der Waals surface area contributed by atoms with E-state index in [9.17, 15) is 5.11 Å². The summed E-state index contributed by atoms with van der Waals surface area (Å²) >= 11 is 5.94. The van der Waals surface area contributed by atoms with Crippen molar-refractivity contribution in [2.45, 2.75) is 13.2 Å². The molecule has 1 aromatic heterocycles. The van der Waals surface area contributed by atoms with E-state index in [4.69, 9.17) is 21.1 Å². The van der Waals surface area contributed by atoms with Gasteiger partial charge in [0.15, 0.2) is 11.5 Å². The Bertz CT molecular complexity index is 521. The van der Waals surface area contributed by atoms with Gasteiger partial charge in [0, 0.05) is 22.8 Å². The molecule has 2 rings (SSSR count). The van der Waals surface area contributed by atoms with Crippen LogP contribution in [0, 0.1) is 0 Å². The molecule has 0 bridgehead atoms. The number of ether oxygens (including phenoxy) is 2. The minimum Gasteiger partial charge on any atom is -0.493 e. The summed E-state index contributed by atoms with van der Waals surface area (Å²) in [5.74, 6) is 0.979. The molecular formula is C14H14ClNO3. The molecule has 4 nitrogen and oxygen atoms in total. The fraction of sp³-hybridized carbons (Fsp3) is 0.214. The van der Waals surface area contributed by atoms with Crippen molar-refractivity contribution in [2.75, 3.05) is 7.11 Å². The van der Waals surface area contributed by atoms with Crippen LogP contribution in [0.15, 0.2) is 36.5 Å². The Morgan fingerprint density at radius 2 is 2.16 bits per heavy atom. The number of benzene rings is 1. The molecule has 0 unspecified atom stereocenters. The molecule has 2 aromatic rings. The summed E-state index contributed by atoms with van der Waals surface area (Å²) in [5.41, 5.74) is 1.38. The summed E-state index contributed by atoms with van der Waals surface area (Å²) in [6.45, 7) is 0.125. The molecule has 0 aliphatic rings. The number of pyridine rings is 1. The molecule has 1 aromatic carbocycles. The lowest BCUT2D eigenvalue weighted by molar-refractivity contribution is 0.248. The van der Waals surface area contributed by atoms with Crippen LogP contribution < -0.4 is 9.47 Å². The molecule has 0 amide bonds. The van der Waals surface area contributed by atoms with Gasteiger partial charge in [0.1, 0.15) is 6.61 Å². The van der Waals surface area contributed by atoms with Crippen molar-refractivity contribution in [3.8, 4) is 11.5 Å². The number of hydrogen-bond acceptors (Lipinski definition) is 4. The second kappa shape index (κ2) is 6.41. The molecule has 0 radical (unpaired) electrons. The minimum absolute atomic E-state index is 0.172. The van der Waals surface area contributed by atoms with Crippen LogP contribution in [-0.2, 0) is 13.2 Å². The monoisotopic (exact) mass is 279 g/mol. The highest BCUT2D eigenvalue weighted by molar-refractivity contribution is 6.30. The molecule has 0 atom stereocenters. The van der Waals surface area contributed by atoms with Gasteiger partial charge in [-0.3, -0.25) is 4.98 Å². The maximum absolute atomic E-state index is 9.35. The van der Waals surface area contributed by atoms with E-state index < -0.39 is 0 Å². The lowest BCUT2D eigenvalue weighted by Gasteiger charge is -2.14. The topological polar surface area (TPSA) is 51.6 Å². The van der Waals surface area contributed by atoms with Crippen LogP contribution in [-0.4, -0.2) is 17.2 Å². The molecule has 0 saturated heterocycles. The Balaban J connectivity index is 2.23. The molecule has 1 heterocycles. The molecule has 0 saturated carbocycles. The third kappa shape index (κ3) is 3.36. The fourth-order valence-corrected chi connectivity index (χ4v) is 1.92. The number of halogens is 1. The first-order chi connectivity index (χ1) is 9.24. The van der Waals surface area contributed by atoms with E-state index in [1.807, 2.05) is 18.2 Å². The Hall–Kier alpha value is -1.78. The summed E-state index contributed by atoms with van der Waals surface area (Å²) < 4.78 is 10.9. The van der Waals surface area contributed by atoms with Gasteiger partial charge >= 0.3 is 0 Å². The third-order valence-electron chi connectivity index (χ3n) is 2.58. The number of aliphatic hydroxyl groups excluding tert-OH is 1. The van der Waals surface area contributed by atoms with Crippen molar-refractivity contribution in [3.63, 3.8) is 0 Å². The van der Waals surface area contributed by atoms with Gasteiger partial charge in [0.25, 0.3) is 0 Å². The first-order valence-corrected chi connectivity index (χ1v) is 6.12. The maximum atomic E-state index is 9.35. The van der Waals surface area contributed by atoms with Gasteiger partial charge < -0.3 is 14.6 Å². The Kier molecular flexibility index (Phi) is 4.60. The standard InChI is InChI=1S/C14H14ClNO3/c1-18-13-7-11(15)6-10(8-17)14(13)19-9-12-4-2-3-5-16-12/h2-7,17H,8-9H2,1H3. The second-order valence-corrected chi connectivity index (χ2v) is 4.30. The van der Waals surface area contributed by atoms with Crippen molar-refractivity contribution in [3.05, 3.63) is 52.8 Å². The van der Waals surface area contributed by atoms with E-state index in [0.717, 1.165) is 5.69 Å². The maximum Gasteiger partial charge on any atom is 0.167 e. The van der Waals surface area contributed by atoms with Gasteiger partial charge in [-0.1, -0.05) is 17.7 Å². The van der Waals surface area contributed by atoms with Crippen molar-refractivity contribution in [1.29, 1.82) is 0 Å². The van der Waals surface area contributed by atoms with Crippen LogP contribution in [0.3, 0.4) is 0 Å². The van der Waals surface area contributed by atoms with Crippen molar-refractivity contribution in [2.24, 2.45) is 0 Å². The first kappa shape index (κ1) is 13.6. The SMILES string of the molecule is COc1cc(Cl)cc(CO)c1OCc1ccccn1. The highest BCUT2D eigenvalue weighted by atomic mass is 35.5. The number of aromatic nitrogens is 1. The van der Waals surface area contributed by atoms with Gasteiger partial charge in [-0.25, -0.2) is 0 Å². The summed E-state index contributed by atoms with van der Waals surface area (Å²) in [5, 5.41) is 9.84. The summed E-state index contributed by atoms with van der Waals surface area (Å²) in [4.78, 5) is 4.17. The van der Waals surface area contributed by atoms with Crippen LogP contribution >= 0.6 is 11.6 Å². The van der Waals surface area contributed by atoms with Crippen molar-refractivity contribution in [1.82, 2.24) is 4.98 Å². The van der Waals surface area contributed by atoms with E-state index in [1.54, 1.807) is 18.3 Å². The summed E-state index contributed by atoms with van der Waals surface area (Å²) in [6.07, 6.45) is 1.70. The number of aliphatic hydroxyl groups is 1. The number of rotatable bonds is 5. The Morgan fingerprint density at radius 1 is 1.32 bits per heavy atom. The Morgan fingerprint density at radius 3 is 2.79 bits per heavy atom. The molecule has 0 spiro atoms. The number of methoxy groups -OCH3 is 1. The zero-order valence-corrected chi connectivity index (χ0v) is 11.2. The predicted octanol–water partition coefficient (Wildman–Crippen LogP) is 2.81. The fourth-order valence-electron chi connectivity index (χ4n) is 1.69. The van der Waals surface area contributed by atoms with Gasteiger partial charge in [-0.05, 0) is 18.2 Å². The summed E-state index contributed by atoms with van der Waals surface area (Å²) in [7, 11) is 1.53. The minimum atomic E-state index is -0.172. The Labute approximate surface area is 116 Å². The van der Waals surface area contributed by atoms with Crippen molar-refractivity contribution < 1.29 is 14.6 Å². The van der Waals surface area contributed by atoms with Gasteiger partial charge in [-0.2, -0.15) is 0 Å². The normalized spacial score (nSPS) is 10.3. The first-order valence-electron chi connectivity index (χ1n) is 5.74. The molecule has 100 valence electrons. The van der Waals surface area contributed by atoms with Gasteiger partial charge in [0.05, 0.1) is 19.4 Å². The quantitative estimate of drug-likeness (QED) is 0.914. The molecule has 0 aliphatic heterocycles. The van der Waals surface area contributed by atoms with Crippen LogP contribution in [0.4, 0.5) is 0 Å². The number of hydrogen-bond donors (Lipinski definition) is 1. The molecular weight excluding hydrogens is 266 g/mol. The van der Waals surface area contributed by atoms with Crippen molar-refractivity contribution >= 4 is 11.6 Å². The average Bonchev–Trinajstić information content (AvgIpc) is 2.46. The zero-order valence-electron chi connectivity index (χ0n) is 10.5. The predicted molar refractivity (Wildman–Crippen MR) is 72.5 cm³/mol. The van der Waals surface area contributed by atoms with Crippen LogP contribution in [0.1, 0.15) is 11.3 Å². The highest BCUT2D eigenvalue weighted by Gasteiger charge is 2.12. The lowest BCUT2D eigenvalue weighted by Crippen LogP contribution is -2.02. The third-order valence-corrected chi connectivity index (χ3v) is 2.80. The largest absolute Gasteiger partial charge is 0.493 e. The molecule has 0 aliphatic carbocycles. The van der Waals surface area contributed by atoms with E-state index in [0.29, 0.717) is 28.7 Å². The van der Waals surface area contributed by atoms with E-state index in [-0.39, 0.29) is 6.61 Å². The van der Waals surface area contributed by atoms with E-state index in [2.05, 4.69) is 4.98 Å². The second-order valence-electron chi connectivity index (χ2n) is 3.86. The molecule has 0 fully saturated rings. The molecule has 5 heteroatoms. The number of nitrogens with zero attached hydrogens (tertiary/aromatic N) is 1. The van der Waals surface area contributed by atoms with Crippen LogP contribution in [0.25, 0.3) is 0 Å².